The van der Waals surface area contributed by atoms with Gasteiger partial charge in [0.15, 0.2) is 5.16 Å². The number of anilines is 1. The van der Waals surface area contributed by atoms with Crippen molar-refractivity contribution >= 4 is 23.4 Å². The van der Waals surface area contributed by atoms with Crippen LogP contribution in [-0.4, -0.2) is 27.8 Å². The molecule has 1 unspecified atom stereocenters. The van der Waals surface area contributed by atoms with E-state index in [9.17, 15) is 18.0 Å². The van der Waals surface area contributed by atoms with Crippen LogP contribution in [0.2, 0.25) is 0 Å². The Hall–Kier alpha value is -2.94. The van der Waals surface area contributed by atoms with Crippen molar-refractivity contribution in [1.82, 2.24) is 9.55 Å². The molecule has 0 spiro atoms. The Morgan fingerprint density at radius 1 is 1.21 bits per heavy atom. The second-order valence-corrected chi connectivity index (χ2v) is 7.38. The van der Waals surface area contributed by atoms with Crippen molar-refractivity contribution in [2.75, 3.05) is 12.4 Å². The number of nitrogens with one attached hydrogen (secondary N) is 1. The number of aromatic nitrogens is 2. The molecule has 0 bridgehead atoms. The minimum absolute atomic E-state index is 0.270. The number of hydrogen-bond acceptors (Lipinski definition) is 4. The van der Waals surface area contributed by atoms with Gasteiger partial charge < -0.3 is 10.1 Å². The molecule has 5 nitrogen and oxygen atoms in total. The fourth-order valence-corrected chi connectivity index (χ4v) is 3.50. The molecule has 0 saturated heterocycles. The van der Waals surface area contributed by atoms with Crippen LogP contribution in [0.3, 0.4) is 0 Å². The molecule has 3 aromatic rings. The average Bonchev–Trinajstić information content (AvgIpc) is 3.15. The van der Waals surface area contributed by atoms with Crippen LogP contribution < -0.4 is 10.1 Å². The lowest BCUT2D eigenvalue weighted by atomic mass is 10.1. The van der Waals surface area contributed by atoms with E-state index in [-0.39, 0.29) is 5.69 Å². The van der Waals surface area contributed by atoms with E-state index in [2.05, 4.69) is 10.3 Å². The molecule has 1 N–H and O–H groups in total. The Labute approximate surface area is 169 Å². The van der Waals surface area contributed by atoms with Crippen molar-refractivity contribution in [3.05, 3.63) is 66.5 Å². The second kappa shape index (κ2) is 8.60. The number of rotatable bonds is 6. The largest absolute Gasteiger partial charge is 0.497 e. The van der Waals surface area contributed by atoms with Crippen molar-refractivity contribution in [2.45, 2.75) is 23.5 Å². The van der Waals surface area contributed by atoms with Gasteiger partial charge in [0.25, 0.3) is 0 Å². The van der Waals surface area contributed by atoms with Crippen LogP contribution in [0, 0.1) is 0 Å². The van der Waals surface area contributed by atoms with E-state index >= 15 is 0 Å². The van der Waals surface area contributed by atoms with E-state index in [0.717, 1.165) is 23.5 Å². The van der Waals surface area contributed by atoms with Gasteiger partial charge in [-0.15, -0.1) is 0 Å². The molecule has 0 fully saturated rings. The highest BCUT2D eigenvalue weighted by molar-refractivity contribution is 8.00. The molecule has 0 aliphatic rings. The predicted molar refractivity (Wildman–Crippen MR) is 106 cm³/mol. The van der Waals surface area contributed by atoms with E-state index in [1.165, 1.54) is 18.2 Å². The third-order valence-electron chi connectivity index (χ3n) is 4.08. The zero-order chi connectivity index (χ0) is 21.0. The fraction of sp³-hybridized carbons (Fsp3) is 0.200. The number of nitrogens with zero attached hydrogens (tertiary/aromatic N) is 2. The lowest BCUT2D eigenvalue weighted by Gasteiger charge is -2.16. The van der Waals surface area contributed by atoms with Gasteiger partial charge >= 0.3 is 6.18 Å². The topological polar surface area (TPSA) is 56.2 Å². The van der Waals surface area contributed by atoms with Gasteiger partial charge in [-0.2, -0.15) is 13.2 Å². The quantitative estimate of drug-likeness (QED) is 0.568. The first-order valence-electron chi connectivity index (χ1n) is 8.61. The molecule has 152 valence electrons. The summed E-state index contributed by atoms with van der Waals surface area (Å²) in [5, 5.41) is 2.22. The van der Waals surface area contributed by atoms with Crippen molar-refractivity contribution in [3.8, 4) is 11.4 Å². The number of imidazole rings is 1. The number of amides is 1. The summed E-state index contributed by atoms with van der Waals surface area (Å²) < 4.78 is 46.4. The molecule has 0 aliphatic carbocycles. The smallest absolute Gasteiger partial charge is 0.418 e. The van der Waals surface area contributed by atoms with Gasteiger partial charge in [0.1, 0.15) is 5.75 Å². The average molecular weight is 421 g/mol. The minimum Gasteiger partial charge on any atom is -0.497 e. The van der Waals surface area contributed by atoms with Crippen LogP contribution >= 0.6 is 11.8 Å². The summed E-state index contributed by atoms with van der Waals surface area (Å²) in [6.07, 6.45) is -1.23. The standard InChI is InChI=1S/C20H18F3N3O2S/c1-13(18(27)25-17-9-4-3-8-16(17)20(21,22)23)29-19-24-10-11-26(19)14-6-5-7-15(12-14)28-2/h3-13H,1-2H3,(H,25,27). The van der Waals surface area contributed by atoms with E-state index in [1.807, 2.05) is 18.2 Å². The highest BCUT2D eigenvalue weighted by atomic mass is 32.2. The molecule has 1 amide bonds. The van der Waals surface area contributed by atoms with E-state index in [1.54, 1.807) is 37.1 Å². The van der Waals surface area contributed by atoms with Gasteiger partial charge in [-0.05, 0) is 31.2 Å². The van der Waals surface area contributed by atoms with Gasteiger partial charge in [-0.1, -0.05) is 30.0 Å². The first-order chi connectivity index (χ1) is 13.8. The highest BCUT2D eigenvalue weighted by Crippen LogP contribution is 2.35. The van der Waals surface area contributed by atoms with E-state index in [4.69, 9.17) is 4.74 Å². The maximum atomic E-state index is 13.1. The fourth-order valence-electron chi connectivity index (χ4n) is 2.62. The normalized spacial score (nSPS) is 12.4. The van der Waals surface area contributed by atoms with Crippen LogP contribution in [0.5, 0.6) is 5.75 Å². The molecule has 0 saturated carbocycles. The Balaban J connectivity index is 1.76. The number of hydrogen-bond donors (Lipinski definition) is 1. The number of carbonyl (C=O) groups is 1. The molecule has 9 heteroatoms. The van der Waals surface area contributed by atoms with Gasteiger partial charge in [0.2, 0.25) is 5.91 Å². The molecule has 3 rings (SSSR count). The van der Waals surface area contributed by atoms with Crippen LogP contribution in [0.4, 0.5) is 18.9 Å². The molecule has 1 atom stereocenters. The summed E-state index contributed by atoms with van der Waals surface area (Å²) in [4.78, 5) is 16.8. The van der Waals surface area contributed by atoms with E-state index in [0.29, 0.717) is 10.9 Å². The first-order valence-corrected chi connectivity index (χ1v) is 9.49. The number of alkyl halides is 3. The van der Waals surface area contributed by atoms with Crippen LogP contribution in [0.1, 0.15) is 12.5 Å². The van der Waals surface area contributed by atoms with Crippen LogP contribution in [0.25, 0.3) is 5.69 Å². The zero-order valence-electron chi connectivity index (χ0n) is 15.6. The molecular formula is C20H18F3N3O2S. The number of thioether (sulfide) groups is 1. The summed E-state index contributed by atoms with van der Waals surface area (Å²) in [6, 6.07) is 12.2. The summed E-state index contributed by atoms with van der Waals surface area (Å²) >= 11 is 1.14. The highest BCUT2D eigenvalue weighted by Gasteiger charge is 2.34. The predicted octanol–water partition coefficient (Wildman–Crippen LogP) is 5.02. The molecule has 0 radical (unpaired) electrons. The Kier molecular flexibility index (Phi) is 6.17. The Bertz CT molecular complexity index is 1000. The molecule has 29 heavy (non-hydrogen) atoms. The number of benzene rings is 2. The molecule has 1 heterocycles. The SMILES string of the molecule is COc1cccc(-n2ccnc2SC(C)C(=O)Nc2ccccc2C(F)(F)F)c1. The second-order valence-electron chi connectivity index (χ2n) is 6.07. The van der Waals surface area contributed by atoms with Gasteiger partial charge in [-0.25, -0.2) is 4.98 Å². The molecule has 1 aromatic heterocycles. The first kappa shape index (κ1) is 20.8. The van der Waals surface area contributed by atoms with Gasteiger partial charge in [-0.3, -0.25) is 9.36 Å². The number of ether oxygens (including phenoxy) is 1. The van der Waals surface area contributed by atoms with Crippen LogP contribution in [0.15, 0.2) is 66.1 Å². The molecular weight excluding hydrogens is 403 g/mol. The third-order valence-corrected chi connectivity index (χ3v) is 5.16. The monoisotopic (exact) mass is 421 g/mol. The van der Waals surface area contributed by atoms with Crippen LogP contribution in [-0.2, 0) is 11.0 Å². The molecule has 0 aliphatic heterocycles. The third kappa shape index (κ3) is 4.92. The number of para-hydroxylation sites is 1. The van der Waals surface area contributed by atoms with Crippen molar-refractivity contribution < 1.29 is 22.7 Å². The molecule has 2 aromatic carbocycles. The van der Waals surface area contributed by atoms with Gasteiger partial charge in [0.05, 0.1) is 29.3 Å². The maximum Gasteiger partial charge on any atom is 0.418 e. The number of halogens is 3. The summed E-state index contributed by atoms with van der Waals surface area (Å²) in [5.41, 5.74) is -0.364. The summed E-state index contributed by atoms with van der Waals surface area (Å²) in [5.74, 6) is 0.119. The summed E-state index contributed by atoms with van der Waals surface area (Å²) in [7, 11) is 1.56. The van der Waals surface area contributed by atoms with Crippen molar-refractivity contribution in [1.29, 1.82) is 0 Å². The maximum absolute atomic E-state index is 13.1. The lowest BCUT2D eigenvalue weighted by molar-refractivity contribution is -0.137. The van der Waals surface area contributed by atoms with Gasteiger partial charge in [0, 0.05) is 18.5 Å². The summed E-state index contributed by atoms with van der Waals surface area (Å²) in [6.45, 7) is 1.61. The number of carbonyl (C=O) groups excluding carboxylic acids is 1. The van der Waals surface area contributed by atoms with E-state index < -0.39 is 22.9 Å². The lowest BCUT2D eigenvalue weighted by Crippen LogP contribution is -2.24. The Morgan fingerprint density at radius 2 is 1.97 bits per heavy atom. The minimum atomic E-state index is -4.55. The zero-order valence-corrected chi connectivity index (χ0v) is 16.4. The Morgan fingerprint density at radius 3 is 2.69 bits per heavy atom. The number of methoxy groups -OCH3 is 1. The van der Waals surface area contributed by atoms with Crippen molar-refractivity contribution in [2.24, 2.45) is 0 Å². The van der Waals surface area contributed by atoms with Crippen molar-refractivity contribution in [3.63, 3.8) is 0 Å².